The van der Waals surface area contributed by atoms with E-state index >= 15 is 0 Å². The Bertz CT molecular complexity index is 261. The number of hydrogen-bond acceptors (Lipinski definition) is 2. The lowest BCUT2D eigenvalue weighted by Crippen LogP contribution is -2.43. The predicted octanol–water partition coefficient (Wildman–Crippen LogP) is 4.30. The van der Waals surface area contributed by atoms with Crippen LogP contribution in [0, 0.1) is 5.41 Å². The van der Waals surface area contributed by atoms with Crippen molar-refractivity contribution in [2.45, 2.75) is 71.6 Å². The zero-order chi connectivity index (χ0) is 14.1. The highest BCUT2D eigenvalue weighted by Gasteiger charge is 2.31. The lowest BCUT2D eigenvalue weighted by molar-refractivity contribution is -0.133. The molecule has 0 aromatic heterocycles. The van der Waals surface area contributed by atoms with E-state index in [1.165, 1.54) is 44.9 Å². The highest BCUT2D eigenvalue weighted by molar-refractivity contribution is 7.80. The van der Waals surface area contributed by atoms with Gasteiger partial charge in [0.15, 0.2) is 0 Å². The zero-order valence-electron chi connectivity index (χ0n) is 12.8. The van der Waals surface area contributed by atoms with Gasteiger partial charge in [-0.15, -0.1) is 0 Å². The Hall–Kier alpha value is -0.180. The van der Waals surface area contributed by atoms with E-state index in [0.29, 0.717) is 5.91 Å². The van der Waals surface area contributed by atoms with Gasteiger partial charge in [0, 0.05) is 19.5 Å². The third kappa shape index (κ3) is 5.37. The summed E-state index contributed by atoms with van der Waals surface area (Å²) in [4.78, 5) is 14.4. The second-order valence-corrected chi connectivity index (χ2v) is 6.45. The van der Waals surface area contributed by atoms with E-state index in [-0.39, 0.29) is 5.41 Å². The van der Waals surface area contributed by atoms with Crippen molar-refractivity contribution >= 4 is 18.5 Å². The molecule has 0 aromatic carbocycles. The first-order chi connectivity index (χ1) is 9.17. The molecule has 0 radical (unpaired) electrons. The molecule has 0 atom stereocenters. The molecule has 0 saturated carbocycles. The van der Waals surface area contributed by atoms with Gasteiger partial charge in [-0.3, -0.25) is 4.79 Å². The van der Waals surface area contributed by atoms with Crippen LogP contribution >= 0.6 is 12.6 Å². The molecule has 1 aliphatic rings. The molecule has 1 aliphatic heterocycles. The first kappa shape index (κ1) is 16.9. The fraction of sp³-hybridized carbons (Fsp3) is 0.938. The SMILES string of the molecule is CCCC(CS)(CCC)CN1CCCCCCC1=O. The van der Waals surface area contributed by atoms with Gasteiger partial charge in [-0.05, 0) is 36.9 Å². The number of thiol groups is 1. The lowest BCUT2D eigenvalue weighted by Gasteiger charge is -2.38. The maximum absolute atomic E-state index is 12.3. The van der Waals surface area contributed by atoms with Crippen molar-refractivity contribution in [3.63, 3.8) is 0 Å². The fourth-order valence-corrected chi connectivity index (χ4v) is 3.76. The molecule has 0 N–H and O–H groups in total. The van der Waals surface area contributed by atoms with Gasteiger partial charge in [0.05, 0.1) is 0 Å². The summed E-state index contributed by atoms with van der Waals surface area (Å²) in [6, 6.07) is 0. The van der Waals surface area contributed by atoms with Gasteiger partial charge in [0.25, 0.3) is 0 Å². The lowest BCUT2D eigenvalue weighted by atomic mass is 9.80. The summed E-state index contributed by atoms with van der Waals surface area (Å²) < 4.78 is 0. The molecule has 0 aromatic rings. The average molecular weight is 285 g/mol. The van der Waals surface area contributed by atoms with E-state index in [4.69, 9.17) is 0 Å². The van der Waals surface area contributed by atoms with Crippen LogP contribution in [0.3, 0.4) is 0 Å². The van der Waals surface area contributed by atoms with Crippen molar-refractivity contribution in [2.24, 2.45) is 5.41 Å². The molecule has 2 nitrogen and oxygen atoms in total. The topological polar surface area (TPSA) is 20.3 Å². The van der Waals surface area contributed by atoms with Crippen molar-refractivity contribution < 1.29 is 4.79 Å². The van der Waals surface area contributed by atoms with Crippen LogP contribution in [0.1, 0.15) is 71.6 Å². The van der Waals surface area contributed by atoms with Crippen LogP contribution in [-0.4, -0.2) is 29.6 Å². The molecule has 1 rings (SSSR count). The predicted molar refractivity (Wildman–Crippen MR) is 85.8 cm³/mol. The summed E-state index contributed by atoms with van der Waals surface area (Å²) in [7, 11) is 0. The van der Waals surface area contributed by atoms with Crippen LogP contribution in [0.5, 0.6) is 0 Å². The second kappa shape index (κ2) is 8.89. The van der Waals surface area contributed by atoms with Gasteiger partial charge in [-0.1, -0.05) is 39.5 Å². The average Bonchev–Trinajstić information content (AvgIpc) is 2.39. The highest BCUT2D eigenvalue weighted by atomic mass is 32.1. The molecule has 1 heterocycles. The Labute approximate surface area is 124 Å². The van der Waals surface area contributed by atoms with E-state index in [2.05, 4.69) is 31.4 Å². The highest BCUT2D eigenvalue weighted by Crippen LogP contribution is 2.33. The second-order valence-electron chi connectivity index (χ2n) is 6.14. The maximum Gasteiger partial charge on any atom is 0.222 e. The van der Waals surface area contributed by atoms with Gasteiger partial charge in [-0.2, -0.15) is 12.6 Å². The molecule has 0 unspecified atom stereocenters. The van der Waals surface area contributed by atoms with Crippen LogP contribution in [0.2, 0.25) is 0 Å². The summed E-state index contributed by atoms with van der Waals surface area (Å²) in [6.45, 7) is 6.37. The number of carbonyl (C=O) groups is 1. The van der Waals surface area contributed by atoms with Gasteiger partial charge in [0.2, 0.25) is 5.91 Å². The van der Waals surface area contributed by atoms with Gasteiger partial charge < -0.3 is 4.90 Å². The minimum Gasteiger partial charge on any atom is -0.342 e. The van der Waals surface area contributed by atoms with Crippen LogP contribution in [0.4, 0.5) is 0 Å². The van der Waals surface area contributed by atoms with E-state index in [0.717, 1.165) is 31.7 Å². The van der Waals surface area contributed by atoms with Crippen LogP contribution in [-0.2, 0) is 4.79 Å². The Morgan fingerprint density at radius 3 is 2.32 bits per heavy atom. The maximum atomic E-state index is 12.3. The van der Waals surface area contributed by atoms with E-state index in [9.17, 15) is 4.79 Å². The van der Waals surface area contributed by atoms with Crippen LogP contribution in [0.15, 0.2) is 0 Å². The molecule has 0 spiro atoms. The fourth-order valence-electron chi connectivity index (χ4n) is 3.34. The van der Waals surface area contributed by atoms with Gasteiger partial charge in [-0.25, -0.2) is 0 Å². The number of carbonyl (C=O) groups excluding carboxylic acids is 1. The third-order valence-corrected chi connectivity index (χ3v) is 5.01. The Morgan fingerprint density at radius 2 is 1.74 bits per heavy atom. The van der Waals surface area contributed by atoms with E-state index in [1.54, 1.807) is 0 Å². The molecule has 1 saturated heterocycles. The van der Waals surface area contributed by atoms with Crippen molar-refractivity contribution in [2.75, 3.05) is 18.8 Å². The summed E-state index contributed by atoms with van der Waals surface area (Å²) in [5.74, 6) is 1.27. The Morgan fingerprint density at radius 1 is 1.11 bits per heavy atom. The Kier molecular flexibility index (Phi) is 7.89. The van der Waals surface area contributed by atoms with Crippen molar-refractivity contribution in [3.05, 3.63) is 0 Å². The van der Waals surface area contributed by atoms with Gasteiger partial charge in [0.1, 0.15) is 0 Å². The summed E-state index contributed by atoms with van der Waals surface area (Å²) >= 11 is 4.61. The molecule has 0 aliphatic carbocycles. The smallest absolute Gasteiger partial charge is 0.222 e. The number of likely N-dealkylation sites (tertiary alicyclic amines) is 1. The summed E-state index contributed by atoms with van der Waals surface area (Å²) in [5.41, 5.74) is 0.238. The molecule has 1 fully saturated rings. The molecule has 1 amide bonds. The minimum atomic E-state index is 0.238. The van der Waals surface area contributed by atoms with Gasteiger partial charge >= 0.3 is 0 Å². The first-order valence-electron chi connectivity index (χ1n) is 8.06. The van der Waals surface area contributed by atoms with Crippen LogP contribution < -0.4 is 0 Å². The van der Waals surface area contributed by atoms with Crippen LogP contribution in [0.25, 0.3) is 0 Å². The number of hydrogen-bond donors (Lipinski definition) is 1. The van der Waals surface area contributed by atoms with Crippen molar-refractivity contribution in [3.8, 4) is 0 Å². The number of amides is 1. The zero-order valence-corrected chi connectivity index (χ0v) is 13.7. The largest absolute Gasteiger partial charge is 0.342 e. The van der Waals surface area contributed by atoms with E-state index in [1.807, 2.05) is 0 Å². The van der Waals surface area contributed by atoms with E-state index < -0.39 is 0 Å². The molecular formula is C16H31NOS. The first-order valence-corrected chi connectivity index (χ1v) is 8.69. The minimum absolute atomic E-state index is 0.238. The molecular weight excluding hydrogens is 254 g/mol. The standard InChI is InChI=1S/C16H31NOS/c1-3-10-16(14-19,11-4-2)13-17-12-8-6-5-7-9-15(17)18/h19H,3-14H2,1-2H3. The summed E-state index contributed by atoms with van der Waals surface area (Å²) in [5, 5.41) is 0. The number of nitrogens with zero attached hydrogens (tertiary/aromatic N) is 1. The Balaban J connectivity index is 2.70. The normalized spacial score (nSPS) is 18.3. The molecule has 0 bridgehead atoms. The number of rotatable bonds is 7. The monoisotopic (exact) mass is 285 g/mol. The molecule has 3 heteroatoms. The summed E-state index contributed by atoms with van der Waals surface area (Å²) in [6.07, 6.45) is 10.2. The molecule has 112 valence electrons. The quantitative estimate of drug-likeness (QED) is 0.692. The third-order valence-electron chi connectivity index (χ3n) is 4.34. The van der Waals surface area contributed by atoms with Crippen molar-refractivity contribution in [1.82, 2.24) is 4.90 Å². The van der Waals surface area contributed by atoms with Crippen molar-refractivity contribution in [1.29, 1.82) is 0 Å². The molecule has 19 heavy (non-hydrogen) atoms.